The first-order valence-electron chi connectivity index (χ1n) is 4.24. The number of nitrogens with zero attached hydrogens (tertiary/aromatic N) is 1. The summed E-state index contributed by atoms with van der Waals surface area (Å²) in [6.45, 7) is 1.52. The number of hydrogen-bond acceptors (Lipinski definition) is 2. The Morgan fingerprint density at radius 1 is 1.60 bits per heavy atom. The van der Waals surface area contributed by atoms with Crippen molar-refractivity contribution in [1.82, 2.24) is 0 Å². The molecule has 0 spiro atoms. The van der Waals surface area contributed by atoms with Gasteiger partial charge in [0.25, 0.3) is 5.69 Å². The van der Waals surface area contributed by atoms with Crippen molar-refractivity contribution in [1.29, 1.82) is 0 Å². The van der Waals surface area contributed by atoms with Crippen LogP contribution in [0.2, 0.25) is 5.02 Å². The fourth-order valence-electron chi connectivity index (χ4n) is 1.15. The second-order valence-corrected chi connectivity index (χ2v) is 3.37. The van der Waals surface area contributed by atoms with Crippen LogP contribution in [-0.4, -0.2) is 4.92 Å². The molecule has 0 aliphatic heterocycles. The molecule has 0 fully saturated rings. The van der Waals surface area contributed by atoms with E-state index in [9.17, 15) is 18.9 Å². The number of hydrogen-bond donors (Lipinski definition) is 0. The second-order valence-electron chi connectivity index (χ2n) is 2.96. The van der Waals surface area contributed by atoms with Gasteiger partial charge in [0, 0.05) is 11.6 Å². The number of nitro groups is 1. The van der Waals surface area contributed by atoms with Crippen LogP contribution in [-0.2, 0) is 0 Å². The summed E-state index contributed by atoms with van der Waals surface area (Å²) >= 11 is 5.44. The second kappa shape index (κ2) is 4.53. The van der Waals surface area contributed by atoms with Crippen molar-refractivity contribution in [2.75, 3.05) is 0 Å². The highest BCUT2D eigenvalue weighted by atomic mass is 35.5. The van der Waals surface area contributed by atoms with Crippen molar-refractivity contribution in [2.45, 2.75) is 19.5 Å². The van der Waals surface area contributed by atoms with E-state index in [1.165, 1.54) is 6.92 Å². The Kier molecular flexibility index (Phi) is 3.57. The first kappa shape index (κ1) is 11.8. The maximum absolute atomic E-state index is 13.2. The summed E-state index contributed by atoms with van der Waals surface area (Å²) < 4.78 is 26.4. The lowest BCUT2D eigenvalue weighted by molar-refractivity contribution is -0.384. The molecule has 1 aromatic rings. The van der Waals surface area contributed by atoms with Crippen molar-refractivity contribution < 1.29 is 13.7 Å². The topological polar surface area (TPSA) is 43.1 Å². The van der Waals surface area contributed by atoms with Gasteiger partial charge in [0.05, 0.1) is 4.92 Å². The maximum atomic E-state index is 13.2. The highest BCUT2D eigenvalue weighted by Gasteiger charge is 2.21. The zero-order valence-corrected chi connectivity index (χ0v) is 8.59. The van der Waals surface area contributed by atoms with Gasteiger partial charge in [-0.3, -0.25) is 10.1 Å². The Hall–Kier alpha value is -1.23. The molecule has 1 aromatic carbocycles. The molecule has 0 saturated carbocycles. The molecule has 0 saturated heterocycles. The first-order chi connectivity index (χ1) is 6.97. The van der Waals surface area contributed by atoms with E-state index in [4.69, 9.17) is 11.6 Å². The minimum Gasteiger partial charge on any atom is -0.258 e. The maximum Gasteiger partial charge on any atom is 0.288 e. The predicted octanol–water partition coefficient (Wildman–Crippen LogP) is 3.81. The van der Waals surface area contributed by atoms with Crippen LogP contribution in [0.4, 0.5) is 14.5 Å². The lowest BCUT2D eigenvalue weighted by atomic mass is 10.1. The van der Waals surface area contributed by atoms with E-state index in [0.29, 0.717) is 0 Å². The van der Waals surface area contributed by atoms with Gasteiger partial charge in [-0.2, -0.15) is 0 Å². The van der Waals surface area contributed by atoms with Crippen molar-refractivity contribution in [2.24, 2.45) is 0 Å². The Balaban J connectivity index is 3.29. The molecule has 1 atom stereocenters. The largest absolute Gasteiger partial charge is 0.288 e. The lowest BCUT2D eigenvalue weighted by Crippen LogP contribution is -1.98. The van der Waals surface area contributed by atoms with E-state index < -0.39 is 22.6 Å². The van der Waals surface area contributed by atoms with E-state index in [1.807, 2.05) is 0 Å². The molecule has 0 aliphatic rings. The van der Waals surface area contributed by atoms with E-state index in [-0.39, 0.29) is 17.0 Å². The molecule has 0 amide bonds. The number of benzene rings is 1. The van der Waals surface area contributed by atoms with Crippen molar-refractivity contribution in [3.63, 3.8) is 0 Å². The highest BCUT2D eigenvalue weighted by molar-refractivity contribution is 6.32. The van der Waals surface area contributed by atoms with E-state index in [2.05, 4.69) is 0 Å². The minimum absolute atomic E-state index is 0.0513. The molecule has 0 radical (unpaired) electrons. The summed E-state index contributed by atoms with van der Waals surface area (Å²) in [7, 11) is 0. The van der Waals surface area contributed by atoms with Gasteiger partial charge in [0.2, 0.25) is 0 Å². The van der Waals surface area contributed by atoms with Gasteiger partial charge in [0.15, 0.2) is 0 Å². The first-order valence-corrected chi connectivity index (χ1v) is 4.62. The minimum atomic E-state index is -1.55. The van der Waals surface area contributed by atoms with Crippen LogP contribution in [0.1, 0.15) is 25.1 Å². The van der Waals surface area contributed by atoms with Crippen LogP contribution < -0.4 is 0 Å². The molecular weight excluding hydrogens is 228 g/mol. The molecule has 1 unspecified atom stereocenters. The third kappa shape index (κ3) is 2.41. The summed E-state index contributed by atoms with van der Waals surface area (Å²) in [4.78, 5) is 9.70. The van der Waals surface area contributed by atoms with Gasteiger partial charge in [0.1, 0.15) is 17.0 Å². The molecule has 82 valence electrons. The normalized spacial score (nSPS) is 12.5. The van der Waals surface area contributed by atoms with Crippen LogP contribution in [0, 0.1) is 15.9 Å². The zero-order chi connectivity index (χ0) is 11.6. The molecule has 15 heavy (non-hydrogen) atoms. The predicted molar refractivity (Wildman–Crippen MR) is 52.2 cm³/mol. The van der Waals surface area contributed by atoms with Crippen molar-refractivity contribution >= 4 is 17.3 Å². The number of nitro benzene ring substituents is 1. The quantitative estimate of drug-likeness (QED) is 0.591. The van der Waals surface area contributed by atoms with Crippen molar-refractivity contribution in [3.05, 3.63) is 38.7 Å². The monoisotopic (exact) mass is 235 g/mol. The molecule has 0 heterocycles. The number of rotatable bonds is 3. The summed E-state index contributed by atoms with van der Waals surface area (Å²) in [6.07, 6.45) is -1.50. The molecule has 1 rings (SSSR count). The summed E-state index contributed by atoms with van der Waals surface area (Å²) in [5.74, 6) is -0.861. The molecule has 3 nitrogen and oxygen atoms in total. The van der Waals surface area contributed by atoms with E-state index >= 15 is 0 Å². The molecule has 6 heteroatoms. The van der Waals surface area contributed by atoms with Gasteiger partial charge in [-0.25, -0.2) is 8.78 Å². The average molecular weight is 236 g/mol. The Morgan fingerprint density at radius 2 is 2.20 bits per heavy atom. The SMILES string of the molecule is CCC(F)c1cc([N+](=O)[O-])c(Cl)cc1F. The number of halogens is 3. The Bertz CT molecular complexity index is 398. The molecule has 0 bridgehead atoms. The summed E-state index contributed by atoms with van der Waals surface area (Å²) in [5.41, 5.74) is -0.808. The molecule has 0 N–H and O–H groups in total. The van der Waals surface area contributed by atoms with Crippen LogP contribution in [0.5, 0.6) is 0 Å². The van der Waals surface area contributed by atoms with Crippen molar-refractivity contribution in [3.8, 4) is 0 Å². The van der Waals surface area contributed by atoms with Gasteiger partial charge in [-0.05, 0) is 12.5 Å². The molecular formula is C9H8ClF2NO2. The van der Waals surface area contributed by atoms with Crippen LogP contribution >= 0.6 is 11.6 Å². The Morgan fingerprint density at radius 3 is 2.67 bits per heavy atom. The third-order valence-corrected chi connectivity index (χ3v) is 2.26. The third-order valence-electron chi connectivity index (χ3n) is 1.96. The standard InChI is InChI=1S/C9H8ClF2NO2/c1-2-7(11)5-3-9(13(14)15)6(10)4-8(5)12/h3-4,7H,2H2,1H3. The fraction of sp³-hybridized carbons (Fsp3) is 0.333. The fourth-order valence-corrected chi connectivity index (χ4v) is 1.37. The molecule has 0 aliphatic carbocycles. The number of alkyl halides is 1. The van der Waals surface area contributed by atoms with Gasteiger partial charge in [-0.1, -0.05) is 18.5 Å². The van der Waals surface area contributed by atoms with Crippen LogP contribution in [0.25, 0.3) is 0 Å². The summed E-state index contributed by atoms with van der Waals surface area (Å²) in [5, 5.41) is 10.1. The highest BCUT2D eigenvalue weighted by Crippen LogP contribution is 2.32. The van der Waals surface area contributed by atoms with Gasteiger partial charge >= 0.3 is 0 Å². The zero-order valence-electron chi connectivity index (χ0n) is 7.84. The average Bonchev–Trinajstić information content (AvgIpc) is 2.16. The van der Waals surface area contributed by atoms with E-state index in [1.54, 1.807) is 0 Å². The van der Waals surface area contributed by atoms with E-state index in [0.717, 1.165) is 12.1 Å². The van der Waals surface area contributed by atoms with Gasteiger partial charge < -0.3 is 0 Å². The smallest absolute Gasteiger partial charge is 0.258 e. The van der Waals surface area contributed by atoms with Crippen LogP contribution in [0.15, 0.2) is 12.1 Å². The lowest BCUT2D eigenvalue weighted by Gasteiger charge is -2.07. The molecule has 0 aromatic heterocycles. The van der Waals surface area contributed by atoms with Gasteiger partial charge in [-0.15, -0.1) is 0 Å². The Labute approximate surface area is 89.8 Å². The summed E-state index contributed by atoms with van der Waals surface area (Å²) in [6, 6.07) is 1.60. The van der Waals surface area contributed by atoms with Crippen LogP contribution in [0.3, 0.4) is 0 Å².